The standard InChI is InChI=1S/C21H25NO3S/c1-21(24,14-17-4-9-18(25-2)10-5-17)15-22-20(23)13-8-16-6-11-19(26-3)12-7-16/h4-13,24H,14-15H2,1-3H3,(H,22,23)/b13-8+. The van der Waals surface area contributed by atoms with E-state index in [1.807, 2.05) is 54.8 Å². The first-order valence-corrected chi connectivity index (χ1v) is 9.59. The second-order valence-corrected chi connectivity index (χ2v) is 7.23. The Labute approximate surface area is 159 Å². The number of carbonyl (C=O) groups is 1. The molecule has 2 aromatic carbocycles. The Kier molecular flexibility index (Phi) is 7.30. The van der Waals surface area contributed by atoms with Crippen LogP contribution in [0, 0.1) is 0 Å². The van der Waals surface area contributed by atoms with Crippen molar-refractivity contribution in [3.05, 3.63) is 65.7 Å². The van der Waals surface area contributed by atoms with Crippen molar-refractivity contribution in [2.75, 3.05) is 19.9 Å². The molecule has 0 spiro atoms. The molecule has 0 aliphatic rings. The number of carbonyl (C=O) groups excluding carboxylic acids is 1. The van der Waals surface area contributed by atoms with Crippen molar-refractivity contribution >= 4 is 23.7 Å². The highest BCUT2D eigenvalue weighted by atomic mass is 32.2. The predicted molar refractivity (Wildman–Crippen MR) is 108 cm³/mol. The summed E-state index contributed by atoms with van der Waals surface area (Å²) in [6.45, 7) is 1.88. The number of benzene rings is 2. The van der Waals surface area contributed by atoms with E-state index >= 15 is 0 Å². The summed E-state index contributed by atoms with van der Waals surface area (Å²) in [6.07, 6.45) is 5.71. The van der Waals surface area contributed by atoms with E-state index in [9.17, 15) is 9.90 Å². The van der Waals surface area contributed by atoms with Crippen LogP contribution in [0.2, 0.25) is 0 Å². The Morgan fingerprint density at radius 1 is 1.19 bits per heavy atom. The highest BCUT2D eigenvalue weighted by Crippen LogP contribution is 2.17. The van der Waals surface area contributed by atoms with Crippen molar-refractivity contribution in [3.8, 4) is 5.75 Å². The number of ether oxygens (including phenoxy) is 1. The van der Waals surface area contributed by atoms with Gasteiger partial charge in [-0.1, -0.05) is 24.3 Å². The van der Waals surface area contributed by atoms with Gasteiger partial charge in [0.2, 0.25) is 5.91 Å². The molecule has 2 aromatic rings. The zero-order valence-corrected chi connectivity index (χ0v) is 16.2. The van der Waals surface area contributed by atoms with E-state index in [4.69, 9.17) is 4.74 Å². The lowest BCUT2D eigenvalue weighted by molar-refractivity contribution is -0.117. The Morgan fingerprint density at radius 3 is 2.42 bits per heavy atom. The van der Waals surface area contributed by atoms with Crippen molar-refractivity contribution in [2.45, 2.75) is 23.8 Å². The van der Waals surface area contributed by atoms with Crippen LogP contribution in [0.4, 0.5) is 0 Å². The molecule has 0 aliphatic heterocycles. The Hall–Kier alpha value is -2.24. The van der Waals surface area contributed by atoms with Crippen LogP contribution in [-0.2, 0) is 11.2 Å². The van der Waals surface area contributed by atoms with Gasteiger partial charge in [-0.15, -0.1) is 11.8 Å². The maximum Gasteiger partial charge on any atom is 0.244 e. The first-order valence-electron chi connectivity index (χ1n) is 8.37. The van der Waals surface area contributed by atoms with Gasteiger partial charge in [-0.3, -0.25) is 4.79 Å². The molecule has 0 saturated carbocycles. The minimum absolute atomic E-state index is 0.174. The number of methoxy groups -OCH3 is 1. The summed E-state index contributed by atoms with van der Waals surface area (Å²) in [7, 11) is 1.62. The average molecular weight is 372 g/mol. The third-order valence-electron chi connectivity index (χ3n) is 3.93. The van der Waals surface area contributed by atoms with Gasteiger partial charge in [-0.2, -0.15) is 0 Å². The summed E-state index contributed by atoms with van der Waals surface area (Å²) >= 11 is 1.68. The van der Waals surface area contributed by atoms with Crippen LogP contribution in [0.25, 0.3) is 6.08 Å². The van der Waals surface area contributed by atoms with Crippen molar-refractivity contribution in [2.24, 2.45) is 0 Å². The molecular weight excluding hydrogens is 346 g/mol. The molecule has 1 amide bonds. The lowest BCUT2D eigenvalue weighted by Gasteiger charge is -2.23. The van der Waals surface area contributed by atoms with Crippen LogP contribution in [0.1, 0.15) is 18.1 Å². The number of rotatable bonds is 8. The SMILES string of the molecule is COc1ccc(CC(C)(O)CNC(=O)/C=C/c2ccc(SC)cc2)cc1. The molecule has 1 atom stereocenters. The van der Waals surface area contributed by atoms with Crippen molar-refractivity contribution in [3.63, 3.8) is 0 Å². The molecular formula is C21H25NO3S. The fourth-order valence-corrected chi connectivity index (χ4v) is 2.88. The molecule has 0 heterocycles. The van der Waals surface area contributed by atoms with Crippen LogP contribution >= 0.6 is 11.8 Å². The van der Waals surface area contributed by atoms with Gasteiger partial charge in [-0.25, -0.2) is 0 Å². The Bertz CT molecular complexity index is 737. The van der Waals surface area contributed by atoms with Crippen molar-refractivity contribution < 1.29 is 14.6 Å². The number of nitrogens with one attached hydrogen (secondary N) is 1. The lowest BCUT2D eigenvalue weighted by Crippen LogP contribution is -2.41. The molecule has 0 radical (unpaired) electrons. The van der Waals surface area contributed by atoms with Gasteiger partial charge in [0.15, 0.2) is 0 Å². The minimum Gasteiger partial charge on any atom is -0.497 e. The average Bonchev–Trinajstić information content (AvgIpc) is 2.65. The maximum atomic E-state index is 12.0. The molecule has 138 valence electrons. The molecule has 1 unspecified atom stereocenters. The smallest absolute Gasteiger partial charge is 0.244 e. The van der Waals surface area contributed by atoms with Gasteiger partial charge in [-0.05, 0) is 54.6 Å². The molecule has 0 bridgehead atoms. The first kappa shape index (κ1) is 20.1. The third-order valence-corrected chi connectivity index (χ3v) is 4.67. The molecule has 4 nitrogen and oxygen atoms in total. The number of aliphatic hydroxyl groups is 1. The molecule has 0 saturated heterocycles. The van der Waals surface area contributed by atoms with Crippen LogP contribution in [0.5, 0.6) is 5.75 Å². The molecule has 0 aliphatic carbocycles. The van der Waals surface area contributed by atoms with E-state index in [1.165, 1.54) is 11.0 Å². The Balaban J connectivity index is 1.84. The van der Waals surface area contributed by atoms with E-state index in [1.54, 1.807) is 31.9 Å². The van der Waals surface area contributed by atoms with Gasteiger partial charge in [0, 0.05) is 23.9 Å². The zero-order chi connectivity index (χ0) is 19.0. The number of hydrogen-bond donors (Lipinski definition) is 2. The summed E-state index contributed by atoms with van der Waals surface area (Å²) < 4.78 is 5.13. The van der Waals surface area contributed by atoms with Gasteiger partial charge in [0.05, 0.1) is 12.7 Å². The van der Waals surface area contributed by atoms with E-state index in [0.717, 1.165) is 16.9 Å². The molecule has 0 fully saturated rings. The van der Waals surface area contributed by atoms with E-state index < -0.39 is 5.60 Å². The fourth-order valence-electron chi connectivity index (χ4n) is 2.47. The van der Waals surface area contributed by atoms with E-state index in [2.05, 4.69) is 5.32 Å². The molecule has 0 aromatic heterocycles. The number of thioether (sulfide) groups is 1. The van der Waals surface area contributed by atoms with Crippen molar-refractivity contribution in [1.29, 1.82) is 0 Å². The largest absolute Gasteiger partial charge is 0.497 e. The van der Waals surface area contributed by atoms with Gasteiger partial charge in [0.25, 0.3) is 0 Å². The second kappa shape index (κ2) is 9.46. The van der Waals surface area contributed by atoms with Crippen LogP contribution in [0.3, 0.4) is 0 Å². The van der Waals surface area contributed by atoms with Gasteiger partial charge >= 0.3 is 0 Å². The van der Waals surface area contributed by atoms with E-state index in [0.29, 0.717) is 6.42 Å². The monoisotopic (exact) mass is 371 g/mol. The van der Waals surface area contributed by atoms with Gasteiger partial charge in [0.1, 0.15) is 5.75 Å². The molecule has 2 N–H and O–H groups in total. The molecule has 26 heavy (non-hydrogen) atoms. The topological polar surface area (TPSA) is 58.6 Å². The van der Waals surface area contributed by atoms with Crippen molar-refractivity contribution in [1.82, 2.24) is 5.32 Å². The van der Waals surface area contributed by atoms with E-state index in [-0.39, 0.29) is 12.5 Å². The lowest BCUT2D eigenvalue weighted by atomic mass is 9.96. The normalized spacial score (nSPS) is 13.4. The molecule has 2 rings (SSSR count). The van der Waals surface area contributed by atoms with Gasteiger partial charge < -0.3 is 15.2 Å². The summed E-state index contributed by atoms with van der Waals surface area (Å²) in [5.74, 6) is 0.548. The highest BCUT2D eigenvalue weighted by Gasteiger charge is 2.21. The fraction of sp³-hybridized carbons (Fsp3) is 0.286. The summed E-state index contributed by atoms with van der Waals surface area (Å²) in [5, 5.41) is 13.3. The third kappa shape index (κ3) is 6.58. The quantitative estimate of drug-likeness (QED) is 0.550. The molecule has 5 heteroatoms. The minimum atomic E-state index is -1.03. The maximum absolute atomic E-state index is 12.0. The Morgan fingerprint density at radius 2 is 1.85 bits per heavy atom. The van der Waals surface area contributed by atoms with Crippen LogP contribution in [-0.4, -0.2) is 36.5 Å². The summed E-state index contributed by atoms with van der Waals surface area (Å²) in [5.41, 5.74) is 0.912. The first-order chi connectivity index (χ1) is 12.4. The van der Waals surface area contributed by atoms with Crippen LogP contribution < -0.4 is 10.1 Å². The second-order valence-electron chi connectivity index (χ2n) is 6.35. The highest BCUT2D eigenvalue weighted by molar-refractivity contribution is 7.98. The number of hydrogen-bond acceptors (Lipinski definition) is 4. The van der Waals surface area contributed by atoms with Crippen LogP contribution in [0.15, 0.2) is 59.5 Å². The number of amides is 1. The zero-order valence-electron chi connectivity index (χ0n) is 15.4. The summed E-state index contributed by atoms with van der Waals surface area (Å²) in [6, 6.07) is 15.5. The summed E-state index contributed by atoms with van der Waals surface area (Å²) in [4.78, 5) is 13.2. The predicted octanol–water partition coefficient (Wildman–Crippen LogP) is 3.54.